The average molecular weight is 468 g/mol. The van der Waals surface area contributed by atoms with E-state index in [2.05, 4.69) is 5.32 Å². The number of fused-ring (bicyclic) bond motifs is 1. The Hall–Kier alpha value is -2.97. The minimum absolute atomic E-state index is 0.218. The van der Waals surface area contributed by atoms with Crippen molar-refractivity contribution in [2.24, 2.45) is 0 Å². The molecule has 0 radical (unpaired) electrons. The molecule has 0 saturated carbocycles. The molecule has 1 saturated heterocycles. The quantitative estimate of drug-likeness (QED) is 0.592. The van der Waals surface area contributed by atoms with Crippen LogP contribution in [0.1, 0.15) is 44.2 Å². The molecule has 1 atom stereocenters. The molecule has 4 rings (SSSR count). The molecule has 2 aromatic carbocycles. The summed E-state index contributed by atoms with van der Waals surface area (Å²) in [6.45, 7) is 4.82. The Labute approximate surface area is 194 Å². The van der Waals surface area contributed by atoms with Crippen LogP contribution in [0.15, 0.2) is 64.3 Å². The van der Waals surface area contributed by atoms with Crippen molar-refractivity contribution in [2.75, 3.05) is 18.4 Å². The van der Waals surface area contributed by atoms with Gasteiger partial charge in [-0.05, 0) is 62.1 Å². The van der Waals surface area contributed by atoms with Gasteiger partial charge in [-0.3, -0.25) is 14.2 Å². The third kappa shape index (κ3) is 4.58. The third-order valence-electron chi connectivity index (χ3n) is 6.24. The maximum absolute atomic E-state index is 13.2. The van der Waals surface area contributed by atoms with Crippen molar-refractivity contribution in [3.63, 3.8) is 0 Å². The summed E-state index contributed by atoms with van der Waals surface area (Å²) in [6, 6.07) is 14.6. The van der Waals surface area contributed by atoms with Crippen LogP contribution >= 0.6 is 0 Å². The van der Waals surface area contributed by atoms with Crippen LogP contribution < -0.4 is 10.9 Å². The fourth-order valence-corrected chi connectivity index (χ4v) is 5.98. The molecule has 174 valence electrons. The maximum Gasteiger partial charge on any atom is 0.252 e. The summed E-state index contributed by atoms with van der Waals surface area (Å²) in [7, 11) is -3.53. The Bertz CT molecular complexity index is 1320. The van der Waals surface area contributed by atoms with Gasteiger partial charge in [-0.2, -0.15) is 4.31 Å². The molecule has 8 heteroatoms. The zero-order valence-electron chi connectivity index (χ0n) is 19.0. The number of amides is 1. The van der Waals surface area contributed by atoms with E-state index in [0.717, 1.165) is 30.2 Å². The van der Waals surface area contributed by atoms with Crippen LogP contribution in [0.3, 0.4) is 0 Å². The Balaban J connectivity index is 1.58. The van der Waals surface area contributed by atoms with Crippen LogP contribution in [-0.2, 0) is 14.8 Å². The van der Waals surface area contributed by atoms with E-state index < -0.39 is 16.1 Å². The number of rotatable bonds is 6. The predicted molar refractivity (Wildman–Crippen MR) is 130 cm³/mol. The van der Waals surface area contributed by atoms with Crippen molar-refractivity contribution in [2.45, 2.75) is 50.5 Å². The van der Waals surface area contributed by atoms with Crippen LogP contribution in [0.25, 0.3) is 10.9 Å². The van der Waals surface area contributed by atoms with Crippen molar-refractivity contribution in [3.8, 4) is 0 Å². The highest BCUT2D eigenvalue weighted by Crippen LogP contribution is 2.24. The van der Waals surface area contributed by atoms with Crippen LogP contribution in [-0.4, -0.2) is 36.3 Å². The SMILES string of the molecule is CCC(C(=O)Nc1ccc(S(=O)(=O)N2CCCCC2)cc1)n1c(=O)cc(C)c2ccccc21. The highest BCUT2D eigenvalue weighted by atomic mass is 32.2. The van der Waals surface area contributed by atoms with Gasteiger partial charge in [0.05, 0.1) is 10.4 Å². The number of para-hydroxylation sites is 1. The molecule has 1 amide bonds. The van der Waals surface area contributed by atoms with E-state index in [1.165, 1.54) is 21.0 Å². The van der Waals surface area contributed by atoms with Gasteiger partial charge in [0, 0.05) is 30.2 Å². The normalized spacial score (nSPS) is 15.9. The Morgan fingerprint density at radius 1 is 1.03 bits per heavy atom. The standard InChI is InChI=1S/C25H29N3O4S/c1-3-22(28-23-10-6-5-9-21(23)18(2)17-24(28)29)25(30)26-19-11-13-20(14-12-19)33(31,32)27-15-7-4-8-16-27/h5-6,9-14,17,22H,3-4,7-8,15-16H2,1-2H3,(H,26,30). The number of nitrogens with zero attached hydrogens (tertiary/aromatic N) is 2. The number of carbonyl (C=O) groups excluding carboxylic acids is 1. The largest absolute Gasteiger partial charge is 0.324 e. The smallest absolute Gasteiger partial charge is 0.252 e. The van der Waals surface area contributed by atoms with Crippen molar-refractivity contribution < 1.29 is 13.2 Å². The van der Waals surface area contributed by atoms with E-state index in [1.54, 1.807) is 18.2 Å². The first-order valence-corrected chi connectivity index (χ1v) is 12.8. The third-order valence-corrected chi connectivity index (χ3v) is 8.15. The molecular formula is C25H29N3O4S. The first kappa shape index (κ1) is 23.2. The fraction of sp³-hybridized carbons (Fsp3) is 0.360. The molecule has 33 heavy (non-hydrogen) atoms. The molecule has 2 heterocycles. The van der Waals surface area contributed by atoms with Gasteiger partial charge in [-0.15, -0.1) is 0 Å². The number of aromatic nitrogens is 1. The van der Waals surface area contributed by atoms with E-state index in [-0.39, 0.29) is 16.4 Å². The molecule has 1 fully saturated rings. The van der Waals surface area contributed by atoms with Gasteiger partial charge in [0.2, 0.25) is 15.9 Å². The summed E-state index contributed by atoms with van der Waals surface area (Å²) in [6.07, 6.45) is 3.23. The first-order valence-electron chi connectivity index (χ1n) is 11.3. The number of anilines is 1. The second-order valence-corrected chi connectivity index (χ2v) is 10.4. The Kier molecular flexibility index (Phi) is 6.67. The summed E-state index contributed by atoms with van der Waals surface area (Å²) < 4.78 is 28.8. The minimum atomic E-state index is -3.53. The van der Waals surface area contributed by atoms with Crippen molar-refractivity contribution in [1.29, 1.82) is 0 Å². The van der Waals surface area contributed by atoms with E-state index >= 15 is 0 Å². The van der Waals surface area contributed by atoms with E-state index in [9.17, 15) is 18.0 Å². The van der Waals surface area contributed by atoms with Crippen molar-refractivity contribution in [3.05, 3.63) is 70.5 Å². The molecule has 1 aromatic heterocycles. The number of pyridine rings is 1. The lowest BCUT2D eigenvalue weighted by atomic mass is 10.1. The first-order chi connectivity index (χ1) is 15.8. The lowest BCUT2D eigenvalue weighted by Crippen LogP contribution is -2.35. The zero-order valence-corrected chi connectivity index (χ0v) is 19.8. The summed E-state index contributed by atoms with van der Waals surface area (Å²) in [5.41, 5.74) is 1.84. The lowest BCUT2D eigenvalue weighted by Gasteiger charge is -2.26. The van der Waals surface area contributed by atoms with E-state index in [0.29, 0.717) is 30.7 Å². The number of aryl methyl sites for hydroxylation is 1. The second kappa shape index (κ2) is 9.49. The van der Waals surface area contributed by atoms with E-state index in [4.69, 9.17) is 0 Å². The molecule has 0 aliphatic carbocycles. The average Bonchev–Trinajstić information content (AvgIpc) is 2.82. The van der Waals surface area contributed by atoms with Crippen molar-refractivity contribution in [1.82, 2.24) is 8.87 Å². The van der Waals surface area contributed by atoms with Crippen LogP contribution in [0, 0.1) is 6.92 Å². The molecule has 0 spiro atoms. The molecular weight excluding hydrogens is 438 g/mol. The summed E-state index contributed by atoms with van der Waals surface area (Å²) in [5.74, 6) is -0.319. The number of piperidine rings is 1. The number of hydrogen-bond donors (Lipinski definition) is 1. The Morgan fingerprint density at radius 2 is 1.70 bits per heavy atom. The monoisotopic (exact) mass is 467 g/mol. The second-order valence-electron chi connectivity index (χ2n) is 8.46. The topological polar surface area (TPSA) is 88.5 Å². The van der Waals surface area contributed by atoms with Crippen LogP contribution in [0.2, 0.25) is 0 Å². The van der Waals surface area contributed by atoms with Gasteiger partial charge in [0.1, 0.15) is 6.04 Å². The molecule has 3 aromatic rings. The van der Waals surface area contributed by atoms with Gasteiger partial charge in [0.25, 0.3) is 5.56 Å². The van der Waals surface area contributed by atoms with Gasteiger partial charge in [-0.1, -0.05) is 31.5 Å². The lowest BCUT2D eigenvalue weighted by molar-refractivity contribution is -0.119. The molecule has 0 bridgehead atoms. The van der Waals surface area contributed by atoms with Crippen LogP contribution in [0.5, 0.6) is 0 Å². The summed E-state index contributed by atoms with van der Waals surface area (Å²) in [4.78, 5) is 26.2. The fourth-order valence-electron chi connectivity index (χ4n) is 4.47. The number of carbonyl (C=O) groups is 1. The number of sulfonamides is 1. The maximum atomic E-state index is 13.2. The van der Waals surface area contributed by atoms with Gasteiger partial charge in [0.15, 0.2) is 0 Å². The van der Waals surface area contributed by atoms with Crippen molar-refractivity contribution >= 4 is 32.5 Å². The number of hydrogen-bond acceptors (Lipinski definition) is 4. The highest BCUT2D eigenvalue weighted by molar-refractivity contribution is 7.89. The summed E-state index contributed by atoms with van der Waals surface area (Å²) in [5, 5.41) is 3.78. The number of nitrogens with one attached hydrogen (secondary N) is 1. The molecule has 1 unspecified atom stereocenters. The molecule has 1 aliphatic rings. The van der Waals surface area contributed by atoms with E-state index in [1.807, 2.05) is 38.1 Å². The summed E-state index contributed by atoms with van der Waals surface area (Å²) >= 11 is 0. The number of benzene rings is 2. The molecule has 7 nitrogen and oxygen atoms in total. The highest BCUT2D eigenvalue weighted by Gasteiger charge is 2.26. The predicted octanol–water partition coefficient (Wildman–Crippen LogP) is 4.07. The van der Waals surface area contributed by atoms with Gasteiger partial charge in [-0.25, -0.2) is 8.42 Å². The molecule has 1 aliphatic heterocycles. The van der Waals surface area contributed by atoms with Gasteiger partial charge >= 0.3 is 0 Å². The Morgan fingerprint density at radius 3 is 2.36 bits per heavy atom. The minimum Gasteiger partial charge on any atom is -0.324 e. The van der Waals surface area contributed by atoms with Gasteiger partial charge < -0.3 is 5.32 Å². The molecule has 1 N–H and O–H groups in total. The zero-order chi connectivity index (χ0) is 23.6. The van der Waals surface area contributed by atoms with Crippen LogP contribution in [0.4, 0.5) is 5.69 Å².